The molecule has 2 N–H and O–H groups in total. The second-order valence-corrected chi connectivity index (χ2v) is 1.63. The second kappa shape index (κ2) is 13.5. The first-order valence-electron chi connectivity index (χ1n) is 1.32. The van der Waals surface area contributed by atoms with Gasteiger partial charge in [0.15, 0.2) is 0 Å². The van der Waals surface area contributed by atoms with E-state index >= 15 is 0 Å². The summed E-state index contributed by atoms with van der Waals surface area (Å²) in [6.07, 6.45) is 0. The Morgan fingerprint density at radius 1 is 0.900 bits per heavy atom. The normalized spacial score (nSPS) is 6.80. The summed E-state index contributed by atoms with van der Waals surface area (Å²) in [6, 6.07) is 1.25. The average molecular weight is 214 g/mol. The fourth-order valence-corrected chi connectivity index (χ4v) is 0. The van der Waals surface area contributed by atoms with E-state index in [9.17, 15) is 0 Å². The Morgan fingerprint density at radius 3 is 0.900 bits per heavy atom. The van der Waals surface area contributed by atoms with Gasteiger partial charge in [0.25, 0.3) is 0 Å². The molecule has 48 valence electrons. The summed E-state index contributed by atoms with van der Waals surface area (Å²) in [6.45, 7) is 0. The third-order valence-corrected chi connectivity index (χ3v) is 0. The maximum atomic E-state index is 8.58. The van der Waals surface area contributed by atoms with E-state index in [2.05, 4.69) is 0 Å². The van der Waals surface area contributed by atoms with E-state index in [0.29, 0.717) is 0 Å². The molecule has 0 bridgehead atoms. The molecule has 0 unspecified atom stereocenters. The molecule has 0 heterocycles. The van der Waals surface area contributed by atoms with Crippen LogP contribution in [0.4, 0.5) is 0 Å². The molecule has 0 aromatic rings. The van der Waals surface area contributed by atoms with Gasteiger partial charge in [-0.15, -0.1) is 0 Å². The fraction of sp³-hybridized carbons (Fsp3) is 0. The average Bonchev–Trinajstić information content (AvgIpc) is 1.27. The van der Waals surface area contributed by atoms with Crippen molar-refractivity contribution in [1.82, 2.24) is 0 Å². The van der Waals surface area contributed by atoms with E-state index in [4.69, 9.17) is 30.0 Å². The van der Waals surface area contributed by atoms with Crippen molar-refractivity contribution in [2.45, 2.75) is 0 Å². The van der Waals surface area contributed by atoms with Crippen LogP contribution in [-0.4, -0.2) is 90.5 Å². The summed E-state index contributed by atoms with van der Waals surface area (Å²) in [5.74, 6) is 0. The zero-order valence-corrected chi connectivity index (χ0v) is 10.5. The quantitative estimate of drug-likeness (QED) is 0.306. The number of nitrogens with one attached hydrogen (secondary N) is 2. The molecular weight excluding hydrogens is 212 g/mol. The molecule has 0 saturated heterocycles. The van der Waals surface area contributed by atoms with E-state index in [1.807, 2.05) is 0 Å². The van der Waals surface area contributed by atoms with Gasteiger partial charge in [-0.3, -0.25) is 0 Å². The number of hydrogen-bond acceptors (Lipinski definition) is 6. The van der Waals surface area contributed by atoms with Crippen LogP contribution >= 0.6 is 0 Å². The van der Waals surface area contributed by atoms with Crippen LogP contribution in [0.1, 0.15) is 0 Å². The molecule has 0 aliphatic carbocycles. The molecule has 0 aromatic heterocycles. The van der Waals surface area contributed by atoms with Gasteiger partial charge in [0.05, 0.1) is 6.01 Å². The maximum absolute atomic E-state index is 8.58. The fourth-order valence-electron chi connectivity index (χ4n) is 0. The standard InChI is InChI=1S/CH2N2.2Ca.O4Si/c2-1-3;;;1-5(2,3)4/h2-3H;;;/q;2*+2;-4. The van der Waals surface area contributed by atoms with Crippen LogP contribution in [0.5, 0.6) is 0 Å². The topological polar surface area (TPSA) is 140 Å². The van der Waals surface area contributed by atoms with Gasteiger partial charge in [-0.1, -0.05) is 0 Å². The SMILES string of the molecule is N=C=N.[Ca+2].[Ca+2].[O-][Si]([O-])([O-])[O-]. The van der Waals surface area contributed by atoms with Crippen molar-refractivity contribution in [2.75, 3.05) is 0 Å². The summed E-state index contributed by atoms with van der Waals surface area (Å²) >= 11 is 0. The second-order valence-electron chi connectivity index (χ2n) is 0.625. The van der Waals surface area contributed by atoms with Crippen LogP contribution in [0.2, 0.25) is 0 Å². The molecule has 0 aromatic carbocycles. The number of hydrogen-bond donors (Lipinski definition) is 2. The Kier molecular flexibility index (Phi) is 30.7. The van der Waals surface area contributed by atoms with Crippen LogP contribution < -0.4 is 19.2 Å². The minimum Gasteiger partial charge on any atom is -0.894 e. The molecule has 0 spiro atoms. The van der Waals surface area contributed by atoms with Crippen molar-refractivity contribution in [1.29, 1.82) is 10.8 Å². The first-order valence-corrected chi connectivity index (χ1v) is 2.95. The molecule has 0 radical (unpaired) electrons. The molecule has 0 aliphatic heterocycles. The van der Waals surface area contributed by atoms with Crippen molar-refractivity contribution in [3.05, 3.63) is 0 Å². The van der Waals surface area contributed by atoms with Gasteiger partial charge in [0.1, 0.15) is 0 Å². The summed E-state index contributed by atoms with van der Waals surface area (Å²) in [4.78, 5) is 34.3. The van der Waals surface area contributed by atoms with Gasteiger partial charge < -0.3 is 28.2 Å². The molecule has 0 rings (SSSR count). The molecule has 0 amide bonds. The van der Waals surface area contributed by atoms with E-state index in [1.165, 1.54) is 6.01 Å². The molecule has 6 nitrogen and oxygen atoms in total. The third kappa shape index (κ3) is 209. The Bertz CT molecular complexity index is 81.7. The van der Waals surface area contributed by atoms with Gasteiger partial charge in [0, 0.05) is 0 Å². The molecule has 9 heteroatoms. The molecule has 10 heavy (non-hydrogen) atoms. The Labute approximate surface area is 118 Å². The molecule has 0 aliphatic rings. The Morgan fingerprint density at radius 2 is 0.900 bits per heavy atom. The zero-order valence-electron chi connectivity index (χ0n) is 5.05. The molecular formula is CH2Ca2N2O4Si. The first-order chi connectivity index (χ1) is 3.41. The first kappa shape index (κ1) is 22.7. The van der Waals surface area contributed by atoms with Crippen LogP contribution in [-0.2, 0) is 0 Å². The predicted molar refractivity (Wildman–Crippen MR) is 27.7 cm³/mol. The summed E-state index contributed by atoms with van der Waals surface area (Å²) in [5.41, 5.74) is 0. The van der Waals surface area contributed by atoms with E-state index < -0.39 is 9.05 Å². The van der Waals surface area contributed by atoms with Gasteiger partial charge in [0.2, 0.25) is 0 Å². The molecule has 0 saturated carbocycles. The monoisotopic (exact) mass is 214 g/mol. The number of rotatable bonds is 0. The smallest absolute Gasteiger partial charge is 0.894 e. The van der Waals surface area contributed by atoms with Crippen LogP contribution in [0.25, 0.3) is 0 Å². The van der Waals surface area contributed by atoms with Crippen LogP contribution in [0.3, 0.4) is 0 Å². The van der Waals surface area contributed by atoms with Crippen molar-refractivity contribution < 1.29 is 19.2 Å². The third-order valence-electron chi connectivity index (χ3n) is 0. The Balaban J connectivity index is -0.0000000326. The van der Waals surface area contributed by atoms with Crippen LogP contribution in [0, 0.1) is 10.8 Å². The van der Waals surface area contributed by atoms with Crippen LogP contribution in [0.15, 0.2) is 0 Å². The van der Waals surface area contributed by atoms with Gasteiger partial charge in [-0.2, -0.15) is 0 Å². The largest absolute Gasteiger partial charge is 2.00 e. The zero-order chi connectivity index (χ0) is 7.21. The van der Waals surface area contributed by atoms with E-state index in [0.717, 1.165) is 0 Å². The van der Waals surface area contributed by atoms with E-state index in [-0.39, 0.29) is 75.5 Å². The van der Waals surface area contributed by atoms with Crippen molar-refractivity contribution in [3.63, 3.8) is 0 Å². The summed E-state index contributed by atoms with van der Waals surface area (Å²) in [7, 11) is -5.61. The van der Waals surface area contributed by atoms with E-state index in [1.54, 1.807) is 0 Å². The van der Waals surface area contributed by atoms with Crippen molar-refractivity contribution in [3.8, 4) is 0 Å². The van der Waals surface area contributed by atoms with Gasteiger partial charge in [-0.05, 0) is 0 Å². The summed E-state index contributed by atoms with van der Waals surface area (Å²) in [5, 5.41) is 11.2. The van der Waals surface area contributed by atoms with Gasteiger partial charge >= 0.3 is 75.5 Å². The molecule has 0 atom stereocenters. The van der Waals surface area contributed by atoms with Gasteiger partial charge in [-0.25, -0.2) is 10.8 Å². The summed E-state index contributed by atoms with van der Waals surface area (Å²) < 4.78 is 0. The van der Waals surface area contributed by atoms with Crippen molar-refractivity contribution in [2.24, 2.45) is 0 Å². The molecule has 0 fully saturated rings. The minimum absolute atomic E-state index is 0. The Hall–Kier alpha value is 1.96. The maximum Gasteiger partial charge on any atom is 2.00 e. The minimum atomic E-state index is -5.61. The van der Waals surface area contributed by atoms with Crippen molar-refractivity contribution >= 4 is 90.5 Å². The predicted octanol–water partition coefficient (Wildman–Crippen LogP) is -5.58.